The lowest BCUT2D eigenvalue weighted by Gasteiger charge is -2.29. The average Bonchev–Trinajstić information content (AvgIpc) is 3.04. The fourth-order valence-corrected chi connectivity index (χ4v) is 3.70. The first kappa shape index (κ1) is 17.6. The zero-order valence-corrected chi connectivity index (χ0v) is 15.5. The molecular weight excluding hydrogens is 340 g/mol. The summed E-state index contributed by atoms with van der Waals surface area (Å²) >= 11 is 0. The maximum atomic E-state index is 11.7. The number of aromatic nitrogens is 1. The van der Waals surface area contributed by atoms with Crippen LogP contribution in [-0.4, -0.2) is 28.7 Å². The van der Waals surface area contributed by atoms with Crippen molar-refractivity contribution >= 4 is 16.9 Å². The molecule has 1 aliphatic heterocycles. The molecule has 2 heterocycles. The van der Waals surface area contributed by atoms with Crippen LogP contribution in [0.4, 0.5) is 0 Å². The number of hydrogen-bond donors (Lipinski definition) is 3. The molecule has 3 aromatic rings. The van der Waals surface area contributed by atoms with Gasteiger partial charge in [0.1, 0.15) is 11.8 Å². The number of hydrogen-bond acceptors (Lipinski definition) is 3. The minimum absolute atomic E-state index is 0.218. The summed E-state index contributed by atoms with van der Waals surface area (Å²) in [4.78, 5) is 15.2. The highest BCUT2D eigenvalue weighted by molar-refractivity contribution is 5.87. The molecule has 2 atom stereocenters. The van der Waals surface area contributed by atoms with E-state index in [1.165, 1.54) is 0 Å². The van der Waals surface area contributed by atoms with Crippen molar-refractivity contribution in [3.05, 3.63) is 65.4 Å². The predicted octanol–water partition coefficient (Wildman–Crippen LogP) is 3.89. The van der Waals surface area contributed by atoms with Crippen LogP contribution in [0.15, 0.2) is 48.5 Å². The van der Waals surface area contributed by atoms with Crippen LogP contribution in [0.25, 0.3) is 10.9 Å². The van der Waals surface area contributed by atoms with E-state index in [1.54, 1.807) is 0 Å². The Morgan fingerprint density at radius 1 is 1.22 bits per heavy atom. The van der Waals surface area contributed by atoms with Gasteiger partial charge >= 0.3 is 5.97 Å². The molecular formula is C22H24N2O3. The predicted molar refractivity (Wildman–Crippen MR) is 105 cm³/mol. The molecule has 0 fully saturated rings. The van der Waals surface area contributed by atoms with Gasteiger partial charge in [-0.3, -0.25) is 10.1 Å². The quantitative estimate of drug-likeness (QED) is 0.642. The van der Waals surface area contributed by atoms with E-state index in [9.17, 15) is 9.90 Å². The number of fused-ring (bicyclic) bond motifs is 3. The molecule has 0 amide bonds. The normalized spacial score (nSPS) is 19.2. The summed E-state index contributed by atoms with van der Waals surface area (Å²) in [5.41, 5.74) is 4.15. The molecule has 5 nitrogen and oxygen atoms in total. The van der Waals surface area contributed by atoms with Gasteiger partial charge in [0, 0.05) is 23.0 Å². The molecule has 3 N–H and O–H groups in total. The molecule has 0 saturated heterocycles. The minimum atomic E-state index is -0.830. The number of aromatic amines is 1. The van der Waals surface area contributed by atoms with E-state index in [1.807, 2.05) is 48.5 Å². The number of H-pyrrole nitrogens is 1. The van der Waals surface area contributed by atoms with Crippen LogP contribution in [0, 0.1) is 5.92 Å². The number of aliphatic carboxylic acids is 1. The van der Waals surface area contributed by atoms with Crippen molar-refractivity contribution in [2.75, 3.05) is 6.61 Å². The van der Waals surface area contributed by atoms with Crippen LogP contribution < -0.4 is 10.1 Å². The summed E-state index contributed by atoms with van der Waals surface area (Å²) in [5.74, 6) is 0.416. The van der Waals surface area contributed by atoms with E-state index >= 15 is 0 Å². The molecule has 0 saturated carbocycles. The Bertz CT molecular complexity index is 977. The summed E-state index contributed by atoms with van der Waals surface area (Å²) in [6, 6.07) is 15.1. The van der Waals surface area contributed by atoms with Crippen LogP contribution in [0.3, 0.4) is 0 Å². The Balaban J connectivity index is 1.76. The van der Waals surface area contributed by atoms with Gasteiger partial charge in [0.15, 0.2) is 0 Å². The van der Waals surface area contributed by atoms with Gasteiger partial charge in [-0.2, -0.15) is 0 Å². The molecule has 27 heavy (non-hydrogen) atoms. The first-order chi connectivity index (χ1) is 13.0. The molecule has 0 aliphatic carbocycles. The van der Waals surface area contributed by atoms with Gasteiger partial charge in [-0.1, -0.05) is 44.2 Å². The number of carboxylic acid groups (broad SMARTS) is 1. The second-order valence-corrected chi connectivity index (χ2v) is 7.53. The van der Waals surface area contributed by atoms with Gasteiger partial charge in [0.05, 0.1) is 12.6 Å². The second-order valence-electron chi connectivity index (χ2n) is 7.53. The second kappa shape index (κ2) is 7.08. The van der Waals surface area contributed by atoms with Crippen molar-refractivity contribution in [2.24, 2.45) is 5.92 Å². The molecule has 5 heteroatoms. The zero-order chi connectivity index (χ0) is 19.0. The largest absolute Gasteiger partial charge is 0.493 e. The lowest BCUT2D eigenvalue weighted by atomic mass is 9.90. The Morgan fingerprint density at radius 2 is 2.04 bits per heavy atom. The molecule has 0 radical (unpaired) electrons. The third-order valence-electron chi connectivity index (χ3n) is 4.98. The molecule has 1 aromatic heterocycles. The Labute approximate surface area is 158 Å². The molecule has 1 aliphatic rings. The number of rotatable bonds is 5. The summed E-state index contributed by atoms with van der Waals surface area (Å²) in [7, 11) is 0. The van der Waals surface area contributed by atoms with E-state index in [0.717, 1.165) is 33.5 Å². The first-order valence-electron chi connectivity index (χ1n) is 9.34. The van der Waals surface area contributed by atoms with Gasteiger partial charge in [-0.25, -0.2) is 0 Å². The topological polar surface area (TPSA) is 74.3 Å². The van der Waals surface area contributed by atoms with Gasteiger partial charge < -0.3 is 14.8 Å². The molecule has 0 spiro atoms. The third-order valence-corrected chi connectivity index (χ3v) is 4.98. The van der Waals surface area contributed by atoms with E-state index in [2.05, 4.69) is 24.1 Å². The monoisotopic (exact) mass is 364 g/mol. The number of carbonyl (C=O) groups is 1. The van der Waals surface area contributed by atoms with E-state index in [-0.39, 0.29) is 6.04 Å². The highest BCUT2D eigenvalue weighted by Crippen LogP contribution is 2.36. The average molecular weight is 364 g/mol. The van der Waals surface area contributed by atoms with Crippen molar-refractivity contribution in [1.29, 1.82) is 0 Å². The van der Waals surface area contributed by atoms with E-state index in [0.29, 0.717) is 18.9 Å². The fourth-order valence-electron chi connectivity index (χ4n) is 3.70. The van der Waals surface area contributed by atoms with Crippen molar-refractivity contribution in [3.63, 3.8) is 0 Å². The Morgan fingerprint density at radius 3 is 2.81 bits per heavy atom. The van der Waals surface area contributed by atoms with Gasteiger partial charge in [0.25, 0.3) is 0 Å². The van der Waals surface area contributed by atoms with Gasteiger partial charge in [0.2, 0.25) is 0 Å². The van der Waals surface area contributed by atoms with Crippen molar-refractivity contribution < 1.29 is 14.6 Å². The molecule has 2 unspecified atom stereocenters. The standard InChI is InChI=1S/C22H24N2O3/c1-13(2)12-27-15-7-5-6-14(10-15)20-21-17(11-19(24-20)22(25)26)16-8-3-4-9-18(16)23-21/h3-10,13,19-20,23-24H,11-12H2,1-2H3,(H,25,26). The SMILES string of the molecule is CC(C)COc1cccc(C2NC(C(=O)O)Cc3c2[nH]c2ccccc32)c1. The highest BCUT2D eigenvalue weighted by atomic mass is 16.5. The Hall–Kier alpha value is -2.79. The number of benzene rings is 2. The lowest BCUT2D eigenvalue weighted by molar-refractivity contribution is -0.139. The smallest absolute Gasteiger partial charge is 0.321 e. The van der Waals surface area contributed by atoms with Crippen LogP contribution in [-0.2, 0) is 11.2 Å². The fraction of sp³-hybridized carbons (Fsp3) is 0.318. The molecule has 2 aromatic carbocycles. The number of nitrogens with one attached hydrogen (secondary N) is 2. The Kier molecular flexibility index (Phi) is 4.62. The summed E-state index contributed by atoms with van der Waals surface area (Å²) in [5, 5.41) is 14.0. The van der Waals surface area contributed by atoms with E-state index in [4.69, 9.17) is 4.74 Å². The van der Waals surface area contributed by atoms with E-state index < -0.39 is 12.0 Å². The first-order valence-corrected chi connectivity index (χ1v) is 9.34. The summed E-state index contributed by atoms with van der Waals surface area (Å²) in [6.07, 6.45) is 0.467. The number of carboxylic acids is 1. The maximum Gasteiger partial charge on any atom is 0.321 e. The molecule has 140 valence electrons. The molecule has 0 bridgehead atoms. The van der Waals surface area contributed by atoms with Crippen LogP contribution in [0.1, 0.15) is 36.7 Å². The lowest BCUT2D eigenvalue weighted by Crippen LogP contribution is -2.44. The summed E-state index contributed by atoms with van der Waals surface area (Å²) < 4.78 is 5.87. The van der Waals surface area contributed by atoms with Gasteiger partial charge in [-0.05, 0) is 35.2 Å². The zero-order valence-electron chi connectivity index (χ0n) is 15.5. The highest BCUT2D eigenvalue weighted by Gasteiger charge is 2.33. The van der Waals surface area contributed by atoms with Crippen LogP contribution in [0.2, 0.25) is 0 Å². The van der Waals surface area contributed by atoms with Gasteiger partial charge in [-0.15, -0.1) is 0 Å². The number of para-hydroxylation sites is 1. The van der Waals surface area contributed by atoms with Crippen molar-refractivity contribution in [1.82, 2.24) is 10.3 Å². The van der Waals surface area contributed by atoms with Crippen molar-refractivity contribution in [3.8, 4) is 5.75 Å². The maximum absolute atomic E-state index is 11.7. The van der Waals surface area contributed by atoms with Crippen LogP contribution in [0.5, 0.6) is 5.75 Å². The van der Waals surface area contributed by atoms with Crippen LogP contribution >= 0.6 is 0 Å². The molecule has 4 rings (SSSR count). The number of ether oxygens (including phenoxy) is 1. The minimum Gasteiger partial charge on any atom is -0.493 e. The van der Waals surface area contributed by atoms with Crippen molar-refractivity contribution in [2.45, 2.75) is 32.4 Å². The third kappa shape index (κ3) is 3.43. The summed E-state index contributed by atoms with van der Waals surface area (Å²) in [6.45, 7) is 4.87.